The normalized spacial score (nSPS) is 21.3. The largest absolute Gasteiger partial charge is 0.326 e. The molecule has 2 unspecified atom stereocenters. The monoisotopic (exact) mass is 261 g/mol. The molecule has 1 fully saturated rings. The van der Waals surface area contributed by atoms with E-state index in [4.69, 9.17) is 5.73 Å². The second-order valence-electron chi connectivity index (χ2n) is 5.46. The third-order valence-corrected chi connectivity index (χ3v) is 3.84. The summed E-state index contributed by atoms with van der Waals surface area (Å²) in [5.74, 6) is 0.758. The van der Waals surface area contributed by atoms with Gasteiger partial charge in [0, 0.05) is 18.8 Å². The van der Waals surface area contributed by atoms with Crippen LogP contribution in [0.15, 0.2) is 24.3 Å². The lowest BCUT2D eigenvalue weighted by atomic mass is 10.2. The summed E-state index contributed by atoms with van der Waals surface area (Å²) in [6.07, 6.45) is 1.18. The van der Waals surface area contributed by atoms with Crippen LogP contribution in [0.4, 0.5) is 5.69 Å². The number of carbonyl (C=O) groups is 1. The summed E-state index contributed by atoms with van der Waals surface area (Å²) < 4.78 is 0. The Morgan fingerprint density at radius 2 is 2.16 bits per heavy atom. The first-order valence-electron chi connectivity index (χ1n) is 6.94. The highest BCUT2D eigenvalue weighted by atomic mass is 16.2. The van der Waals surface area contributed by atoms with Crippen molar-refractivity contribution >= 4 is 11.6 Å². The summed E-state index contributed by atoms with van der Waals surface area (Å²) in [7, 11) is 0. The van der Waals surface area contributed by atoms with Gasteiger partial charge in [-0.1, -0.05) is 19.1 Å². The van der Waals surface area contributed by atoms with Crippen LogP contribution >= 0.6 is 0 Å². The number of hydrogen-bond acceptors (Lipinski definition) is 3. The van der Waals surface area contributed by atoms with Gasteiger partial charge in [-0.2, -0.15) is 0 Å². The third kappa shape index (κ3) is 3.55. The molecule has 2 atom stereocenters. The van der Waals surface area contributed by atoms with Gasteiger partial charge in [0.1, 0.15) is 0 Å². The highest BCUT2D eigenvalue weighted by Gasteiger charge is 2.27. The zero-order valence-corrected chi connectivity index (χ0v) is 11.7. The predicted molar refractivity (Wildman–Crippen MR) is 77.8 cm³/mol. The van der Waals surface area contributed by atoms with Crippen LogP contribution in [0, 0.1) is 5.92 Å². The van der Waals surface area contributed by atoms with E-state index in [-0.39, 0.29) is 11.9 Å². The summed E-state index contributed by atoms with van der Waals surface area (Å²) in [4.78, 5) is 14.4. The quantitative estimate of drug-likeness (QED) is 0.869. The lowest BCUT2D eigenvalue weighted by Gasteiger charge is -2.23. The molecular weight excluding hydrogens is 238 g/mol. The average Bonchev–Trinajstić information content (AvgIpc) is 2.85. The fourth-order valence-electron chi connectivity index (χ4n) is 2.46. The van der Waals surface area contributed by atoms with E-state index < -0.39 is 0 Å². The first-order chi connectivity index (χ1) is 9.10. The average molecular weight is 261 g/mol. The number of benzene rings is 1. The molecule has 1 aromatic carbocycles. The SMILES string of the molecule is CC1CCN(C(C)C(=O)Nc2ccc(CN)cc2)C1. The standard InChI is InChI=1S/C15H23N3O/c1-11-7-8-18(10-11)12(2)15(19)17-14-5-3-13(9-16)4-6-14/h3-6,11-12H,7-10,16H2,1-2H3,(H,17,19). The third-order valence-electron chi connectivity index (χ3n) is 3.84. The zero-order chi connectivity index (χ0) is 13.8. The van der Waals surface area contributed by atoms with Crippen LogP contribution in [-0.4, -0.2) is 29.9 Å². The van der Waals surface area contributed by atoms with Crippen LogP contribution in [0.2, 0.25) is 0 Å². The van der Waals surface area contributed by atoms with E-state index in [9.17, 15) is 4.79 Å². The Kier molecular flexibility index (Phi) is 4.56. The number of amides is 1. The van der Waals surface area contributed by atoms with Crippen LogP contribution in [0.3, 0.4) is 0 Å². The molecule has 0 saturated carbocycles. The lowest BCUT2D eigenvalue weighted by Crippen LogP contribution is -2.40. The summed E-state index contributed by atoms with van der Waals surface area (Å²) in [6, 6.07) is 7.62. The van der Waals surface area contributed by atoms with Crippen molar-refractivity contribution in [1.29, 1.82) is 0 Å². The predicted octanol–water partition coefficient (Wildman–Crippen LogP) is 1.81. The number of nitrogens with zero attached hydrogens (tertiary/aromatic N) is 1. The van der Waals surface area contributed by atoms with Crippen LogP contribution in [0.5, 0.6) is 0 Å². The van der Waals surface area contributed by atoms with Crippen molar-refractivity contribution in [3.8, 4) is 0 Å². The maximum absolute atomic E-state index is 12.2. The Morgan fingerprint density at radius 3 is 2.68 bits per heavy atom. The molecule has 0 radical (unpaired) electrons. The summed E-state index contributed by atoms with van der Waals surface area (Å²) in [5, 5.41) is 2.96. The maximum atomic E-state index is 12.2. The van der Waals surface area contributed by atoms with Gasteiger partial charge in [0.05, 0.1) is 6.04 Å². The lowest BCUT2D eigenvalue weighted by molar-refractivity contribution is -0.120. The van der Waals surface area contributed by atoms with E-state index in [0.717, 1.165) is 24.3 Å². The molecule has 1 saturated heterocycles. The molecule has 1 aliphatic rings. The Morgan fingerprint density at radius 1 is 1.47 bits per heavy atom. The van der Waals surface area contributed by atoms with Gasteiger partial charge >= 0.3 is 0 Å². The van der Waals surface area contributed by atoms with E-state index in [1.165, 1.54) is 6.42 Å². The van der Waals surface area contributed by atoms with Gasteiger partial charge in [-0.3, -0.25) is 9.69 Å². The fourth-order valence-corrected chi connectivity index (χ4v) is 2.46. The highest BCUT2D eigenvalue weighted by molar-refractivity contribution is 5.94. The number of rotatable bonds is 4. The van der Waals surface area contributed by atoms with Crippen LogP contribution < -0.4 is 11.1 Å². The smallest absolute Gasteiger partial charge is 0.241 e. The minimum Gasteiger partial charge on any atom is -0.326 e. The van der Waals surface area contributed by atoms with Crippen molar-refractivity contribution in [2.75, 3.05) is 18.4 Å². The molecule has 1 aliphatic heterocycles. The van der Waals surface area contributed by atoms with E-state index in [1.807, 2.05) is 31.2 Å². The first-order valence-corrected chi connectivity index (χ1v) is 6.94. The molecule has 104 valence electrons. The van der Waals surface area contributed by atoms with Crippen molar-refractivity contribution in [2.45, 2.75) is 32.9 Å². The summed E-state index contributed by atoms with van der Waals surface area (Å²) >= 11 is 0. The van der Waals surface area contributed by atoms with Gasteiger partial charge in [-0.05, 0) is 43.5 Å². The Hall–Kier alpha value is -1.39. The second-order valence-corrected chi connectivity index (χ2v) is 5.46. The number of carbonyl (C=O) groups excluding carboxylic acids is 1. The van der Waals surface area contributed by atoms with Gasteiger partial charge in [0.2, 0.25) is 5.91 Å². The minimum atomic E-state index is -0.0702. The molecule has 3 N–H and O–H groups in total. The zero-order valence-electron chi connectivity index (χ0n) is 11.7. The minimum absolute atomic E-state index is 0.0644. The molecule has 4 nitrogen and oxygen atoms in total. The number of likely N-dealkylation sites (tertiary alicyclic amines) is 1. The van der Waals surface area contributed by atoms with Crippen molar-refractivity contribution in [3.05, 3.63) is 29.8 Å². The molecule has 0 aromatic heterocycles. The number of nitrogens with one attached hydrogen (secondary N) is 1. The number of hydrogen-bond donors (Lipinski definition) is 2. The van der Waals surface area contributed by atoms with Gasteiger partial charge in [-0.25, -0.2) is 0 Å². The molecule has 4 heteroatoms. The highest BCUT2D eigenvalue weighted by Crippen LogP contribution is 2.18. The van der Waals surface area contributed by atoms with Gasteiger partial charge in [0.25, 0.3) is 0 Å². The maximum Gasteiger partial charge on any atom is 0.241 e. The molecule has 1 amide bonds. The van der Waals surface area contributed by atoms with Crippen LogP contribution in [0.1, 0.15) is 25.8 Å². The van der Waals surface area contributed by atoms with Crippen molar-refractivity contribution in [3.63, 3.8) is 0 Å². The Labute approximate surface area is 115 Å². The van der Waals surface area contributed by atoms with Gasteiger partial charge in [-0.15, -0.1) is 0 Å². The molecule has 2 rings (SSSR count). The molecule has 0 aliphatic carbocycles. The van der Waals surface area contributed by atoms with Crippen LogP contribution in [-0.2, 0) is 11.3 Å². The summed E-state index contributed by atoms with van der Waals surface area (Å²) in [6.45, 7) is 6.76. The number of anilines is 1. The second kappa shape index (κ2) is 6.17. The van der Waals surface area contributed by atoms with E-state index in [2.05, 4.69) is 17.1 Å². The molecule has 0 spiro atoms. The number of nitrogens with two attached hydrogens (primary N) is 1. The van der Waals surface area contributed by atoms with Crippen LogP contribution in [0.25, 0.3) is 0 Å². The molecule has 19 heavy (non-hydrogen) atoms. The molecular formula is C15H23N3O. The van der Waals surface area contributed by atoms with E-state index >= 15 is 0 Å². The van der Waals surface area contributed by atoms with E-state index in [1.54, 1.807) is 0 Å². The fraction of sp³-hybridized carbons (Fsp3) is 0.533. The molecule has 1 heterocycles. The topological polar surface area (TPSA) is 58.4 Å². The van der Waals surface area contributed by atoms with Crippen molar-refractivity contribution < 1.29 is 4.79 Å². The Balaban J connectivity index is 1.92. The summed E-state index contributed by atoms with van der Waals surface area (Å²) in [5.41, 5.74) is 7.45. The molecule has 1 aromatic rings. The first kappa shape index (κ1) is 14.0. The van der Waals surface area contributed by atoms with Crippen molar-refractivity contribution in [2.24, 2.45) is 11.7 Å². The van der Waals surface area contributed by atoms with Crippen molar-refractivity contribution in [1.82, 2.24) is 4.90 Å². The molecule has 0 bridgehead atoms. The Bertz CT molecular complexity index is 430. The van der Waals surface area contributed by atoms with Gasteiger partial charge in [0.15, 0.2) is 0 Å². The van der Waals surface area contributed by atoms with E-state index in [0.29, 0.717) is 12.5 Å². The van der Waals surface area contributed by atoms with Gasteiger partial charge < -0.3 is 11.1 Å².